The number of aromatic nitrogens is 2. The van der Waals surface area contributed by atoms with E-state index < -0.39 is 0 Å². The Morgan fingerprint density at radius 2 is 2.40 bits per heavy atom. The Balaban J connectivity index is 2.05. The van der Waals surface area contributed by atoms with Crippen molar-refractivity contribution in [2.45, 2.75) is 6.42 Å². The first-order valence-corrected chi connectivity index (χ1v) is 4.99. The lowest BCUT2D eigenvalue weighted by molar-refractivity contribution is 0.164. The topological polar surface area (TPSA) is 67.2 Å². The highest BCUT2D eigenvalue weighted by Crippen LogP contribution is 2.21. The van der Waals surface area contributed by atoms with Gasteiger partial charge >= 0.3 is 0 Å². The van der Waals surface area contributed by atoms with Gasteiger partial charge in [0.15, 0.2) is 0 Å². The van der Waals surface area contributed by atoms with Crippen molar-refractivity contribution < 1.29 is 4.84 Å². The number of hydrogen-bond donors (Lipinski definition) is 2. The van der Waals surface area contributed by atoms with Crippen molar-refractivity contribution in [3.8, 4) is 0 Å². The van der Waals surface area contributed by atoms with Crippen LogP contribution < -0.4 is 10.8 Å². The molecule has 78 valence electrons. The van der Waals surface area contributed by atoms with Crippen molar-refractivity contribution in [1.29, 1.82) is 0 Å². The molecule has 1 aliphatic rings. The average molecular weight is 204 g/mol. The minimum Gasteiger partial charge on any atom is -0.399 e. The Kier molecular flexibility index (Phi) is 1.78. The quantitative estimate of drug-likeness (QED) is 0.687. The maximum atomic E-state index is 5.69. The van der Waals surface area contributed by atoms with Crippen LogP contribution >= 0.6 is 0 Å². The summed E-state index contributed by atoms with van der Waals surface area (Å²) in [6.45, 7) is 1.65. The molecule has 1 fully saturated rings. The van der Waals surface area contributed by atoms with Gasteiger partial charge in [-0.3, -0.25) is 4.84 Å². The Morgan fingerprint density at radius 1 is 1.47 bits per heavy atom. The maximum absolute atomic E-state index is 5.69. The summed E-state index contributed by atoms with van der Waals surface area (Å²) in [6, 6.07) is 5.63. The number of nitrogens with one attached hydrogen (secondary N) is 1. The molecular weight excluding hydrogens is 192 g/mol. The molecule has 5 heteroatoms. The third-order valence-corrected chi connectivity index (χ3v) is 2.48. The molecule has 0 amide bonds. The zero-order chi connectivity index (χ0) is 10.3. The van der Waals surface area contributed by atoms with Crippen LogP contribution in [0.15, 0.2) is 18.2 Å². The molecule has 0 unspecified atom stereocenters. The van der Waals surface area contributed by atoms with Gasteiger partial charge < -0.3 is 10.7 Å². The molecule has 2 aromatic rings. The van der Waals surface area contributed by atoms with Gasteiger partial charge in [-0.2, -0.15) is 0 Å². The van der Waals surface area contributed by atoms with E-state index >= 15 is 0 Å². The normalized spacial score (nSPS) is 16.4. The van der Waals surface area contributed by atoms with E-state index in [1.54, 1.807) is 5.06 Å². The minimum absolute atomic E-state index is 0.736. The second-order valence-electron chi connectivity index (χ2n) is 3.63. The lowest BCUT2D eigenvalue weighted by Gasteiger charge is -2.10. The maximum Gasteiger partial charge on any atom is 0.228 e. The van der Waals surface area contributed by atoms with Crippen molar-refractivity contribution >= 4 is 22.7 Å². The third kappa shape index (κ3) is 1.41. The molecule has 1 aromatic carbocycles. The van der Waals surface area contributed by atoms with Gasteiger partial charge in [0, 0.05) is 5.69 Å². The van der Waals surface area contributed by atoms with Crippen LogP contribution in [-0.2, 0) is 4.84 Å². The van der Waals surface area contributed by atoms with Crippen molar-refractivity contribution in [3.63, 3.8) is 0 Å². The minimum atomic E-state index is 0.736. The first-order chi connectivity index (χ1) is 7.33. The van der Waals surface area contributed by atoms with Crippen molar-refractivity contribution in [2.75, 3.05) is 23.9 Å². The Morgan fingerprint density at radius 3 is 3.20 bits per heavy atom. The van der Waals surface area contributed by atoms with Crippen LogP contribution in [0.5, 0.6) is 0 Å². The zero-order valence-electron chi connectivity index (χ0n) is 8.23. The Hall–Kier alpha value is -1.75. The van der Waals surface area contributed by atoms with E-state index in [2.05, 4.69) is 9.97 Å². The fourth-order valence-corrected chi connectivity index (χ4v) is 1.75. The van der Waals surface area contributed by atoms with Crippen LogP contribution in [0.25, 0.3) is 11.0 Å². The largest absolute Gasteiger partial charge is 0.399 e. The summed E-state index contributed by atoms with van der Waals surface area (Å²) >= 11 is 0. The van der Waals surface area contributed by atoms with Crippen LogP contribution in [0.3, 0.4) is 0 Å². The van der Waals surface area contributed by atoms with E-state index in [0.717, 1.165) is 42.2 Å². The SMILES string of the molecule is Nc1ccc2nc(N3CCCO3)[nH]c2c1. The molecular formula is C10H12N4O. The molecule has 0 radical (unpaired) electrons. The molecule has 1 saturated heterocycles. The van der Waals surface area contributed by atoms with Gasteiger partial charge in [-0.05, 0) is 24.6 Å². The van der Waals surface area contributed by atoms with Gasteiger partial charge in [-0.25, -0.2) is 10.0 Å². The molecule has 5 nitrogen and oxygen atoms in total. The predicted octanol–water partition coefficient (Wildman–Crippen LogP) is 1.29. The monoisotopic (exact) mass is 204 g/mol. The molecule has 0 spiro atoms. The summed E-state index contributed by atoms with van der Waals surface area (Å²) in [5, 5.41) is 1.79. The first kappa shape index (κ1) is 8.55. The number of aromatic amines is 1. The van der Waals surface area contributed by atoms with E-state index in [-0.39, 0.29) is 0 Å². The molecule has 1 aliphatic heterocycles. The van der Waals surface area contributed by atoms with E-state index in [1.165, 1.54) is 0 Å². The number of benzene rings is 1. The molecule has 0 atom stereocenters. The summed E-state index contributed by atoms with van der Waals surface area (Å²) in [4.78, 5) is 13.0. The van der Waals surface area contributed by atoms with Crippen LogP contribution in [0, 0.1) is 0 Å². The molecule has 0 saturated carbocycles. The van der Waals surface area contributed by atoms with Crippen LogP contribution in [0.1, 0.15) is 6.42 Å². The van der Waals surface area contributed by atoms with Gasteiger partial charge in [0.25, 0.3) is 0 Å². The summed E-state index contributed by atoms with van der Waals surface area (Å²) in [6.07, 6.45) is 1.04. The smallest absolute Gasteiger partial charge is 0.228 e. The van der Waals surface area contributed by atoms with Crippen molar-refractivity contribution in [1.82, 2.24) is 9.97 Å². The van der Waals surface area contributed by atoms with E-state index in [1.807, 2.05) is 18.2 Å². The van der Waals surface area contributed by atoms with Crippen LogP contribution in [0.2, 0.25) is 0 Å². The second-order valence-corrected chi connectivity index (χ2v) is 3.63. The predicted molar refractivity (Wildman–Crippen MR) is 58.4 cm³/mol. The Bertz CT molecular complexity index is 487. The van der Waals surface area contributed by atoms with Gasteiger partial charge in [0.05, 0.1) is 24.2 Å². The van der Waals surface area contributed by atoms with Gasteiger partial charge in [0.2, 0.25) is 5.95 Å². The number of nitrogen functional groups attached to an aromatic ring is 1. The van der Waals surface area contributed by atoms with Crippen molar-refractivity contribution in [2.24, 2.45) is 0 Å². The fourth-order valence-electron chi connectivity index (χ4n) is 1.75. The van der Waals surface area contributed by atoms with Crippen LogP contribution in [0.4, 0.5) is 11.6 Å². The van der Waals surface area contributed by atoms with E-state index in [4.69, 9.17) is 10.6 Å². The van der Waals surface area contributed by atoms with Gasteiger partial charge in [-0.15, -0.1) is 0 Å². The van der Waals surface area contributed by atoms with Crippen molar-refractivity contribution in [3.05, 3.63) is 18.2 Å². The number of rotatable bonds is 1. The first-order valence-electron chi connectivity index (χ1n) is 4.99. The Labute approximate surface area is 86.8 Å². The number of imidazole rings is 1. The summed E-state index contributed by atoms with van der Waals surface area (Å²) in [5.41, 5.74) is 8.29. The average Bonchev–Trinajstić information content (AvgIpc) is 2.84. The van der Waals surface area contributed by atoms with Crippen LogP contribution in [-0.4, -0.2) is 23.1 Å². The van der Waals surface area contributed by atoms with E-state index in [0.29, 0.717) is 0 Å². The number of H-pyrrole nitrogens is 1. The molecule has 2 heterocycles. The molecule has 0 bridgehead atoms. The number of fused-ring (bicyclic) bond motifs is 1. The molecule has 0 aliphatic carbocycles. The van der Waals surface area contributed by atoms with E-state index in [9.17, 15) is 0 Å². The summed E-state index contributed by atoms with van der Waals surface area (Å²) < 4.78 is 0. The number of hydrogen-bond acceptors (Lipinski definition) is 4. The lowest BCUT2D eigenvalue weighted by Crippen LogP contribution is -2.17. The summed E-state index contributed by atoms with van der Waals surface area (Å²) in [5.74, 6) is 0.758. The fraction of sp³-hybridized carbons (Fsp3) is 0.300. The molecule has 15 heavy (non-hydrogen) atoms. The molecule has 1 aromatic heterocycles. The number of nitrogens with zero attached hydrogens (tertiary/aromatic N) is 2. The zero-order valence-corrected chi connectivity index (χ0v) is 8.23. The standard InChI is InChI=1S/C10H12N4O/c11-7-2-3-8-9(6-7)13-10(12-8)14-4-1-5-15-14/h2-3,6H,1,4-5,11H2,(H,12,13). The molecule has 3 N–H and O–H groups in total. The highest BCUT2D eigenvalue weighted by Gasteiger charge is 2.16. The second kappa shape index (κ2) is 3.13. The lowest BCUT2D eigenvalue weighted by atomic mass is 10.3. The number of anilines is 2. The molecule has 3 rings (SSSR count). The third-order valence-electron chi connectivity index (χ3n) is 2.48. The summed E-state index contributed by atoms with van der Waals surface area (Å²) in [7, 11) is 0. The highest BCUT2D eigenvalue weighted by molar-refractivity contribution is 5.80. The van der Waals surface area contributed by atoms with Gasteiger partial charge in [-0.1, -0.05) is 0 Å². The number of hydroxylamine groups is 1. The number of nitrogens with two attached hydrogens (primary N) is 1. The highest BCUT2D eigenvalue weighted by atomic mass is 16.7. The van der Waals surface area contributed by atoms with Gasteiger partial charge in [0.1, 0.15) is 0 Å².